The van der Waals surface area contributed by atoms with E-state index < -0.39 is 0 Å². The highest BCUT2D eigenvalue weighted by Crippen LogP contribution is 2.36. The number of hydrogen-bond donors (Lipinski definition) is 0. The van der Waals surface area contributed by atoms with Crippen LogP contribution in [0.4, 0.5) is 0 Å². The molecule has 1 aliphatic rings. The molecule has 1 aliphatic carbocycles. The monoisotopic (exact) mass is 316 g/mol. The molecule has 1 unspecified atom stereocenters. The fourth-order valence-electron chi connectivity index (χ4n) is 1.72. The summed E-state index contributed by atoms with van der Waals surface area (Å²) in [5.74, 6) is 1.01. The zero-order valence-corrected chi connectivity index (χ0v) is 11.2. The van der Waals surface area contributed by atoms with E-state index in [1.807, 2.05) is 0 Å². The number of hydrogen-bond acceptors (Lipinski definition) is 0. The molecule has 0 nitrogen and oxygen atoms in total. The van der Waals surface area contributed by atoms with Gasteiger partial charge in [-0.2, -0.15) is 0 Å². The molecular formula is C12H14Br2. The average molecular weight is 318 g/mol. The minimum absolute atomic E-state index is 0.657. The molecule has 0 aromatic heterocycles. The zero-order valence-electron chi connectivity index (χ0n) is 8.05. The standard InChI is InChI=1S/C12H14Br2/c13-11-3-1-2-10(7-11)8-12(14)6-9-4-5-9/h1-3,7,9,12H,4-6,8H2. The Morgan fingerprint density at radius 3 is 2.79 bits per heavy atom. The van der Waals surface area contributed by atoms with Crippen LogP contribution in [0, 0.1) is 5.92 Å². The lowest BCUT2D eigenvalue weighted by Crippen LogP contribution is -2.03. The van der Waals surface area contributed by atoms with Gasteiger partial charge in [0.2, 0.25) is 0 Å². The maximum Gasteiger partial charge on any atom is 0.0188 e. The first kappa shape index (κ1) is 10.7. The van der Waals surface area contributed by atoms with Crippen LogP contribution in [-0.2, 0) is 6.42 Å². The maximum atomic E-state index is 3.76. The van der Waals surface area contributed by atoms with Crippen LogP contribution in [0.1, 0.15) is 24.8 Å². The van der Waals surface area contributed by atoms with Gasteiger partial charge in [-0.25, -0.2) is 0 Å². The third-order valence-corrected chi connectivity index (χ3v) is 3.82. The van der Waals surface area contributed by atoms with E-state index in [0.717, 1.165) is 12.3 Å². The molecule has 0 amide bonds. The van der Waals surface area contributed by atoms with Crippen molar-refractivity contribution in [2.24, 2.45) is 5.92 Å². The van der Waals surface area contributed by atoms with Gasteiger partial charge in [0.25, 0.3) is 0 Å². The summed E-state index contributed by atoms with van der Waals surface area (Å²) in [5.41, 5.74) is 1.42. The second-order valence-electron chi connectivity index (χ2n) is 4.11. The molecule has 0 bridgehead atoms. The van der Waals surface area contributed by atoms with Crippen LogP contribution >= 0.6 is 31.9 Å². The second-order valence-corrected chi connectivity index (χ2v) is 6.32. The fraction of sp³-hybridized carbons (Fsp3) is 0.500. The smallest absolute Gasteiger partial charge is 0.0188 e. The van der Waals surface area contributed by atoms with E-state index in [1.165, 1.54) is 29.3 Å². The summed E-state index contributed by atoms with van der Waals surface area (Å²) in [7, 11) is 0. The molecule has 2 heteroatoms. The Morgan fingerprint density at radius 2 is 2.14 bits per heavy atom. The summed E-state index contributed by atoms with van der Waals surface area (Å²) >= 11 is 7.26. The summed E-state index contributed by atoms with van der Waals surface area (Å²) in [5, 5.41) is 0. The Labute approximate surface area is 102 Å². The van der Waals surface area contributed by atoms with Gasteiger partial charge in [-0.15, -0.1) is 0 Å². The van der Waals surface area contributed by atoms with Crippen LogP contribution in [0.5, 0.6) is 0 Å². The van der Waals surface area contributed by atoms with Gasteiger partial charge >= 0.3 is 0 Å². The molecule has 1 fully saturated rings. The van der Waals surface area contributed by atoms with Crippen LogP contribution in [0.3, 0.4) is 0 Å². The Bertz CT molecular complexity index is 305. The van der Waals surface area contributed by atoms with E-state index in [1.54, 1.807) is 0 Å². The molecule has 0 spiro atoms. The SMILES string of the molecule is Brc1cccc(CC(Br)CC2CC2)c1. The molecule has 76 valence electrons. The summed E-state index contributed by atoms with van der Waals surface area (Å²) in [6, 6.07) is 8.59. The van der Waals surface area contributed by atoms with E-state index in [2.05, 4.69) is 56.1 Å². The van der Waals surface area contributed by atoms with Gasteiger partial charge in [0.1, 0.15) is 0 Å². The first-order valence-electron chi connectivity index (χ1n) is 5.12. The Balaban J connectivity index is 1.88. The van der Waals surface area contributed by atoms with Gasteiger partial charge in [0.05, 0.1) is 0 Å². The first-order valence-corrected chi connectivity index (χ1v) is 6.83. The number of alkyl halides is 1. The predicted octanol–water partition coefficient (Wildman–Crippen LogP) is 4.56. The molecule has 1 atom stereocenters. The van der Waals surface area contributed by atoms with Crippen molar-refractivity contribution in [3.05, 3.63) is 34.3 Å². The fourth-order valence-corrected chi connectivity index (χ4v) is 3.07. The van der Waals surface area contributed by atoms with Gasteiger partial charge in [0.15, 0.2) is 0 Å². The molecule has 14 heavy (non-hydrogen) atoms. The van der Waals surface area contributed by atoms with Gasteiger partial charge in [-0.05, 0) is 36.5 Å². The predicted molar refractivity (Wildman–Crippen MR) is 67.9 cm³/mol. The van der Waals surface area contributed by atoms with Crippen molar-refractivity contribution >= 4 is 31.9 Å². The van der Waals surface area contributed by atoms with Gasteiger partial charge in [-0.3, -0.25) is 0 Å². The van der Waals surface area contributed by atoms with Crippen molar-refractivity contribution in [1.82, 2.24) is 0 Å². The van der Waals surface area contributed by atoms with E-state index in [9.17, 15) is 0 Å². The summed E-state index contributed by atoms with van der Waals surface area (Å²) < 4.78 is 1.18. The van der Waals surface area contributed by atoms with E-state index in [0.29, 0.717) is 4.83 Å². The van der Waals surface area contributed by atoms with Crippen molar-refractivity contribution < 1.29 is 0 Å². The quantitative estimate of drug-likeness (QED) is 0.714. The van der Waals surface area contributed by atoms with E-state index in [4.69, 9.17) is 0 Å². The molecule has 1 aromatic rings. The lowest BCUT2D eigenvalue weighted by Gasteiger charge is -2.08. The molecule has 0 radical (unpaired) electrons. The molecule has 0 N–H and O–H groups in total. The minimum Gasteiger partial charge on any atom is -0.0887 e. The Morgan fingerprint density at radius 1 is 1.36 bits per heavy atom. The van der Waals surface area contributed by atoms with E-state index in [-0.39, 0.29) is 0 Å². The molecule has 0 aliphatic heterocycles. The van der Waals surface area contributed by atoms with Gasteiger partial charge in [-0.1, -0.05) is 56.8 Å². The topological polar surface area (TPSA) is 0 Å². The lowest BCUT2D eigenvalue weighted by molar-refractivity contribution is 0.690. The molecule has 2 rings (SSSR count). The van der Waals surface area contributed by atoms with Crippen molar-refractivity contribution in [2.45, 2.75) is 30.5 Å². The van der Waals surface area contributed by atoms with Gasteiger partial charge < -0.3 is 0 Å². The molecule has 1 aromatic carbocycles. The Hall–Kier alpha value is 0.180. The summed E-state index contributed by atoms with van der Waals surface area (Å²) in [6.45, 7) is 0. The van der Waals surface area contributed by atoms with Crippen molar-refractivity contribution in [3.8, 4) is 0 Å². The van der Waals surface area contributed by atoms with Crippen LogP contribution < -0.4 is 0 Å². The Kier molecular flexibility index (Phi) is 3.67. The second kappa shape index (κ2) is 4.80. The molecular weight excluding hydrogens is 304 g/mol. The maximum absolute atomic E-state index is 3.76. The highest BCUT2D eigenvalue weighted by Gasteiger charge is 2.24. The molecule has 0 saturated heterocycles. The van der Waals surface area contributed by atoms with Crippen LogP contribution in [-0.4, -0.2) is 4.83 Å². The van der Waals surface area contributed by atoms with Crippen molar-refractivity contribution in [2.75, 3.05) is 0 Å². The molecule has 1 saturated carbocycles. The van der Waals surface area contributed by atoms with Crippen LogP contribution in [0.2, 0.25) is 0 Å². The normalized spacial score (nSPS) is 18.1. The third kappa shape index (κ3) is 3.39. The highest BCUT2D eigenvalue weighted by molar-refractivity contribution is 9.10. The number of rotatable bonds is 4. The van der Waals surface area contributed by atoms with E-state index >= 15 is 0 Å². The zero-order chi connectivity index (χ0) is 9.97. The third-order valence-electron chi connectivity index (χ3n) is 2.63. The average Bonchev–Trinajstić information content (AvgIpc) is 2.87. The van der Waals surface area contributed by atoms with Crippen molar-refractivity contribution in [3.63, 3.8) is 0 Å². The van der Waals surface area contributed by atoms with Crippen LogP contribution in [0.15, 0.2) is 28.7 Å². The lowest BCUT2D eigenvalue weighted by atomic mass is 10.1. The first-order chi connectivity index (χ1) is 6.74. The molecule has 0 heterocycles. The number of benzene rings is 1. The van der Waals surface area contributed by atoms with Crippen LogP contribution in [0.25, 0.3) is 0 Å². The van der Waals surface area contributed by atoms with Gasteiger partial charge in [0, 0.05) is 9.30 Å². The summed E-state index contributed by atoms with van der Waals surface area (Å²) in [6.07, 6.45) is 5.38. The largest absolute Gasteiger partial charge is 0.0887 e. The number of halogens is 2. The highest BCUT2D eigenvalue weighted by atomic mass is 79.9. The minimum atomic E-state index is 0.657. The summed E-state index contributed by atoms with van der Waals surface area (Å²) in [4.78, 5) is 0.657. The van der Waals surface area contributed by atoms with Crippen molar-refractivity contribution in [1.29, 1.82) is 0 Å².